The van der Waals surface area contributed by atoms with Gasteiger partial charge in [-0.25, -0.2) is 8.78 Å². The van der Waals surface area contributed by atoms with E-state index in [1.54, 1.807) is 0 Å². The van der Waals surface area contributed by atoms with Crippen LogP contribution in [0.4, 0.5) is 8.78 Å². The summed E-state index contributed by atoms with van der Waals surface area (Å²) in [6.45, 7) is -0.239. The van der Waals surface area contributed by atoms with Crippen molar-refractivity contribution in [3.63, 3.8) is 0 Å². The largest absolute Gasteiger partial charge is 0.392 e. The van der Waals surface area contributed by atoms with Gasteiger partial charge in [-0.15, -0.1) is 0 Å². The van der Waals surface area contributed by atoms with Gasteiger partial charge in [0.2, 0.25) is 0 Å². The fraction of sp³-hybridized carbons (Fsp3) is 0.250. The van der Waals surface area contributed by atoms with Gasteiger partial charge in [0.05, 0.1) is 6.61 Å². The molecule has 0 radical (unpaired) electrons. The van der Waals surface area contributed by atoms with Gasteiger partial charge in [0.1, 0.15) is 0 Å². The normalized spacial score (nSPS) is 10.3. The Morgan fingerprint density at radius 3 is 2.08 bits per heavy atom. The lowest BCUT2D eigenvalue weighted by Crippen LogP contribution is -2.03. The Kier molecular flexibility index (Phi) is 2.73. The molecule has 4 heteroatoms. The average molecular weight is 173 g/mol. The highest BCUT2D eigenvalue weighted by Gasteiger charge is 2.07. The monoisotopic (exact) mass is 173 g/mol. The number of hydrogen-bond donors (Lipinski definition) is 2. The highest BCUT2D eigenvalue weighted by atomic mass is 19.2. The van der Waals surface area contributed by atoms with Gasteiger partial charge >= 0.3 is 0 Å². The van der Waals surface area contributed by atoms with Crippen molar-refractivity contribution < 1.29 is 13.9 Å². The topological polar surface area (TPSA) is 46.2 Å². The SMILES string of the molecule is NCc1cc(F)c(F)cc1CO. The maximum Gasteiger partial charge on any atom is 0.159 e. The molecule has 12 heavy (non-hydrogen) atoms. The summed E-state index contributed by atoms with van der Waals surface area (Å²) in [6.07, 6.45) is 0. The van der Waals surface area contributed by atoms with Gasteiger partial charge in [-0.1, -0.05) is 0 Å². The molecule has 0 aromatic heterocycles. The first-order valence-electron chi connectivity index (χ1n) is 3.46. The summed E-state index contributed by atoms with van der Waals surface area (Å²) in [6, 6.07) is 1.96. The third kappa shape index (κ3) is 1.60. The van der Waals surface area contributed by atoms with E-state index in [9.17, 15) is 8.78 Å². The smallest absolute Gasteiger partial charge is 0.159 e. The summed E-state index contributed by atoms with van der Waals surface area (Å²) in [4.78, 5) is 0. The second-order valence-electron chi connectivity index (χ2n) is 2.40. The minimum atomic E-state index is -0.962. The van der Waals surface area contributed by atoms with Crippen molar-refractivity contribution in [2.75, 3.05) is 0 Å². The highest BCUT2D eigenvalue weighted by Crippen LogP contribution is 2.14. The zero-order chi connectivity index (χ0) is 9.14. The maximum atomic E-state index is 12.6. The Morgan fingerprint density at radius 1 is 1.17 bits per heavy atom. The van der Waals surface area contributed by atoms with Crippen LogP contribution in [0.15, 0.2) is 12.1 Å². The van der Waals surface area contributed by atoms with E-state index in [4.69, 9.17) is 10.8 Å². The van der Waals surface area contributed by atoms with E-state index < -0.39 is 11.6 Å². The summed E-state index contributed by atoms with van der Waals surface area (Å²) < 4.78 is 25.1. The Hall–Kier alpha value is -1.00. The second kappa shape index (κ2) is 3.60. The van der Waals surface area contributed by atoms with Crippen LogP contribution >= 0.6 is 0 Å². The molecule has 1 aromatic carbocycles. The molecule has 0 bridgehead atoms. The first-order valence-corrected chi connectivity index (χ1v) is 3.46. The molecule has 0 unspecified atom stereocenters. The molecule has 1 rings (SSSR count). The van der Waals surface area contributed by atoms with Gasteiger partial charge in [0.25, 0.3) is 0 Å². The zero-order valence-corrected chi connectivity index (χ0v) is 6.35. The Bertz CT molecular complexity index is 260. The molecule has 0 heterocycles. The molecule has 0 aliphatic carbocycles. The summed E-state index contributed by atoms with van der Waals surface area (Å²) in [5.41, 5.74) is 6.00. The van der Waals surface area contributed by atoms with Crippen molar-refractivity contribution in [3.8, 4) is 0 Å². The number of benzene rings is 1. The highest BCUT2D eigenvalue weighted by molar-refractivity contribution is 5.28. The van der Waals surface area contributed by atoms with Crippen molar-refractivity contribution >= 4 is 0 Å². The molecule has 3 N–H and O–H groups in total. The lowest BCUT2D eigenvalue weighted by atomic mass is 10.1. The van der Waals surface area contributed by atoms with Gasteiger partial charge in [-0.2, -0.15) is 0 Å². The van der Waals surface area contributed by atoms with Crippen molar-refractivity contribution in [2.24, 2.45) is 5.73 Å². The molecule has 0 fully saturated rings. The Balaban J connectivity index is 3.19. The first kappa shape index (κ1) is 9.09. The van der Waals surface area contributed by atoms with Crippen molar-refractivity contribution in [3.05, 3.63) is 34.9 Å². The number of aliphatic hydroxyl groups is 1. The predicted molar refractivity (Wildman–Crippen MR) is 40.2 cm³/mol. The number of nitrogens with two attached hydrogens (primary N) is 1. The minimum absolute atomic E-state index is 0.0904. The summed E-state index contributed by atoms with van der Waals surface area (Å²) >= 11 is 0. The number of rotatable bonds is 2. The van der Waals surface area contributed by atoms with E-state index in [1.807, 2.05) is 0 Å². The average Bonchev–Trinajstić information content (AvgIpc) is 2.09. The molecule has 0 amide bonds. The molecular formula is C8H9F2NO. The zero-order valence-electron chi connectivity index (χ0n) is 6.35. The summed E-state index contributed by atoms with van der Waals surface area (Å²) in [7, 11) is 0. The molecule has 0 atom stereocenters. The quantitative estimate of drug-likeness (QED) is 0.698. The van der Waals surface area contributed by atoms with Crippen molar-refractivity contribution in [1.29, 1.82) is 0 Å². The van der Waals surface area contributed by atoms with Crippen molar-refractivity contribution in [2.45, 2.75) is 13.2 Å². The lowest BCUT2D eigenvalue weighted by Gasteiger charge is -2.04. The Labute approximate surface area is 68.6 Å². The first-order chi connectivity index (χ1) is 5.69. The lowest BCUT2D eigenvalue weighted by molar-refractivity contribution is 0.279. The third-order valence-corrected chi connectivity index (χ3v) is 1.63. The molecule has 0 spiro atoms. The predicted octanol–water partition coefficient (Wildman–Crippen LogP) is 0.916. The van der Waals surface area contributed by atoms with Gasteiger partial charge < -0.3 is 10.8 Å². The number of hydrogen-bond acceptors (Lipinski definition) is 2. The van der Waals surface area contributed by atoms with E-state index in [1.165, 1.54) is 0 Å². The molecule has 0 saturated heterocycles. The van der Waals surface area contributed by atoms with E-state index in [2.05, 4.69) is 0 Å². The minimum Gasteiger partial charge on any atom is -0.392 e. The van der Waals surface area contributed by atoms with Gasteiger partial charge in [0, 0.05) is 6.54 Å². The van der Waals surface area contributed by atoms with Crippen LogP contribution in [-0.2, 0) is 13.2 Å². The van der Waals surface area contributed by atoms with E-state index in [0.29, 0.717) is 11.1 Å². The van der Waals surface area contributed by atoms with Crippen LogP contribution in [0, 0.1) is 11.6 Å². The van der Waals surface area contributed by atoms with E-state index in [0.717, 1.165) is 12.1 Å². The van der Waals surface area contributed by atoms with Crippen LogP contribution in [0.5, 0.6) is 0 Å². The van der Waals surface area contributed by atoms with Crippen LogP contribution in [0.25, 0.3) is 0 Å². The molecule has 0 saturated carbocycles. The third-order valence-electron chi connectivity index (χ3n) is 1.63. The van der Waals surface area contributed by atoms with Crippen LogP contribution in [0.1, 0.15) is 11.1 Å². The Morgan fingerprint density at radius 2 is 1.67 bits per heavy atom. The fourth-order valence-electron chi connectivity index (χ4n) is 0.966. The molecule has 66 valence electrons. The van der Waals surface area contributed by atoms with Crippen LogP contribution in [-0.4, -0.2) is 5.11 Å². The second-order valence-corrected chi connectivity index (χ2v) is 2.40. The molecule has 0 aliphatic rings. The van der Waals surface area contributed by atoms with Gasteiger partial charge in [-0.3, -0.25) is 0 Å². The van der Waals surface area contributed by atoms with E-state index in [-0.39, 0.29) is 13.2 Å². The van der Waals surface area contributed by atoms with E-state index >= 15 is 0 Å². The van der Waals surface area contributed by atoms with Gasteiger partial charge in [0.15, 0.2) is 11.6 Å². The summed E-state index contributed by atoms with van der Waals surface area (Å²) in [5, 5.41) is 8.72. The number of aliphatic hydroxyl groups excluding tert-OH is 1. The van der Waals surface area contributed by atoms with Crippen LogP contribution < -0.4 is 5.73 Å². The summed E-state index contributed by atoms with van der Waals surface area (Å²) in [5.74, 6) is -1.90. The molecule has 2 nitrogen and oxygen atoms in total. The number of halogens is 2. The fourth-order valence-corrected chi connectivity index (χ4v) is 0.966. The standard InChI is InChI=1S/C8H9F2NO/c9-7-1-5(3-11)6(4-12)2-8(7)10/h1-2,12H,3-4,11H2. The van der Waals surface area contributed by atoms with Crippen LogP contribution in [0.3, 0.4) is 0 Å². The molecule has 0 aliphatic heterocycles. The van der Waals surface area contributed by atoms with Crippen LogP contribution in [0.2, 0.25) is 0 Å². The maximum absolute atomic E-state index is 12.6. The van der Waals surface area contributed by atoms with Gasteiger partial charge in [-0.05, 0) is 23.3 Å². The molecule has 1 aromatic rings. The molecular weight excluding hydrogens is 164 g/mol. The van der Waals surface area contributed by atoms with Crippen molar-refractivity contribution in [1.82, 2.24) is 0 Å².